The lowest BCUT2D eigenvalue weighted by atomic mass is 10.1. The van der Waals surface area contributed by atoms with Gasteiger partial charge in [0.2, 0.25) is 0 Å². The van der Waals surface area contributed by atoms with Crippen LogP contribution in [0.3, 0.4) is 0 Å². The topological polar surface area (TPSA) is 35.2 Å². The van der Waals surface area contributed by atoms with E-state index in [4.69, 9.17) is 33.7 Å². The molecule has 15 heavy (non-hydrogen) atoms. The van der Waals surface area contributed by atoms with Crippen molar-refractivity contribution in [3.05, 3.63) is 28.2 Å². The van der Waals surface area contributed by atoms with Gasteiger partial charge in [0.1, 0.15) is 16.4 Å². The van der Waals surface area contributed by atoms with Gasteiger partial charge in [-0.05, 0) is 38.9 Å². The predicted molar refractivity (Wildman–Crippen MR) is 64.8 cm³/mol. The maximum atomic E-state index is 6.01. The van der Waals surface area contributed by atoms with Crippen LogP contribution in [0.4, 0.5) is 0 Å². The van der Waals surface area contributed by atoms with E-state index in [2.05, 4.69) is 0 Å². The predicted octanol–water partition coefficient (Wildman–Crippen LogP) is 3.50. The molecule has 84 valence electrons. The highest BCUT2D eigenvalue weighted by molar-refractivity contribution is 6.42. The first-order valence-corrected chi connectivity index (χ1v) is 5.55. The molecule has 2 nitrogen and oxygen atoms in total. The molecule has 0 unspecified atom stereocenters. The molecule has 0 saturated carbocycles. The Labute approximate surface area is 100 Å². The van der Waals surface area contributed by atoms with Gasteiger partial charge < -0.3 is 10.5 Å². The van der Waals surface area contributed by atoms with Crippen LogP contribution in [0.2, 0.25) is 10.0 Å². The van der Waals surface area contributed by atoms with Crippen LogP contribution in [0.5, 0.6) is 5.75 Å². The summed E-state index contributed by atoms with van der Waals surface area (Å²) in [5.74, 6) is 0.600. The molecule has 0 fully saturated rings. The third kappa shape index (κ3) is 3.56. The Morgan fingerprint density at radius 2 is 2.00 bits per heavy atom. The number of rotatable bonds is 4. The average Bonchev–Trinajstić information content (AvgIpc) is 2.12. The van der Waals surface area contributed by atoms with Crippen LogP contribution < -0.4 is 10.5 Å². The number of hydrogen-bond acceptors (Lipinski definition) is 2. The van der Waals surface area contributed by atoms with Crippen molar-refractivity contribution in [1.82, 2.24) is 0 Å². The molecule has 0 aliphatic heterocycles. The Bertz CT molecular complexity index is 339. The quantitative estimate of drug-likeness (QED) is 0.884. The third-order valence-corrected chi connectivity index (χ3v) is 2.85. The molecular formula is C11H15Cl2NO. The summed E-state index contributed by atoms with van der Waals surface area (Å²) in [5.41, 5.74) is 5.17. The number of ether oxygens (including phenoxy) is 1. The molecule has 0 aliphatic carbocycles. The van der Waals surface area contributed by atoms with E-state index in [0.29, 0.717) is 22.3 Å². The fraction of sp³-hybridized carbons (Fsp3) is 0.455. The molecule has 2 N–H and O–H groups in total. The summed E-state index contributed by atoms with van der Waals surface area (Å²) < 4.78 is 5.76. The van der Waals surface area contributed by atoms with Gasteiger partial charge in [0.25, 0.3) is 0 Å². The molecule has 1 aromatic rings. The van der Waals surface area contributed by atoms with Crippen molar-refractivity contribution in [2.75, 3.05) is 6.54 Å². The smallest absolute Gasteiger partial charge is 0.140 e. The molecule has 0 spiro atoms. The summed E-state index contributed by atoms with van der Waals surface area (Å²) in [5, 5.41) is 0.946. The van der Waals surface area contributed by atoms with Crippen LogP contribution in [0.25, 0.3) is 0 Å². The SMILES string of the molecule is CC(C)(CCN)Oc1cccc(Cl)c1Cl. The van der Waals surface area contributed by atoms with Gasteiger partial charge in [-0.15, -0.1) is 0 Å². The normalized spacial score (nSPS) is 11.5. The fourth-order valence-electron chi connectivity index (χ4n) is 1.26. The van der Waals surface area contributed by atoms with Gasteiger partial charge in [-0.2, -0.15) is 0 Å². The van der Waals surface area contributed by atoms with Gasteiger partial charge in [0.15, 0.2) is 0 Å². The highest BCUT2D eigenvalue weighted by atomic mass is 35.5. The minimum Gasteiger partial charge on any atom is -0.486 e. The molecule has 0 saturated heterocycles. The van der Waals surface area contributed by atoms with Gasteiger partial charge in [0, 0.05) is 0 Å². The summed E-state index contributed by atoms with van der Waals surface area (Å²) in [4.78, 5) is 0. The zero-order valence-corrected chi connectivity index (χ0v) is 10.4. The number of benzene rings is 1. The lowest BCUT2D eigenvalue weighted by molar-refractivity contribution is 0.102. The summed E-state index contributed by atoms with van der Waals surface area (Å²) in [6, 6.07) is 5.33. The lowest BCUT2D eigenvalue weighted by Gasteiger charge is -2.26. The highest BCUT2D eigenvalue weighted by Crippen LogP contribution is 2.34. The van der Waals surface area contributed by atoms with Crippen molar-refractivity contribution in [1.29, 1.82) is 0 Å². The summed E-state index contributed by atoms with van der Waals surface area (Å²) in [7, 11) is 0. The van der Waals surface area contributed by atoms with Gasteiger partial charge >= 0.3 is 0 Å². The molecule has 0 aliphatic rings. The maximum absolute atomic E-state index is 6.01. The van der Waals surface area contributed by atoms with E-state index in [1.54, 1.807) is 12.1 Å². The largest absolute Gasteiger partial charge is 0.486 e. The monoisotopic (exact) mass is 247 g/mol. The van der Waals surface area contributed by atoms with Gasteiger partial charge in [-0.1, -0.05) is 29.3 Å². The Morgan fingerprint density at radius 3 is 2.60 bits per heavy atom. The molecule has 0 heterocycles. The molecule has 4 heteroatoms. The van der Waals surface area contributed by atoms with Crippen molar-refractivity contribution in [2.24, 2.45) is 5.73 Å². The third-order valence-electron chi connectivity index (χ3n) is 2.05. The minimum atomic E-state index is -0.330. The van der Waals surface area contributed by atoms with E-state index < -0.39 is 0 Å². The van der Waals surface area contributed by atoms with Crippen LogP contribution in [-0.2, 0) is 0 Å². The van der Waals surface area contributed by atoms with Crippen molar-refractivity contribution in [3.8, 4) is 5.75 Å². The lowest BCUT2D eigenvalue weighted by Crippen LogP contribution is -2.31. The molecule has 0 atom stereocenters. The average molecular weight is 248 g/mol. The van der Waals surface area contributed by atoms with E-state index >= 15 is 0 Å². The summed E-state index contributed by atoms with van der Waals surface area (Å²) in [6.45, 7) is 4.51. The first-order chi connectivity index (χ1) is 6.96. The maximum Gasteiger partial charge on any atom is 0.140 e. The molecule has 0 aromatic heterocycles. The van der Waals surface area contributed by atoms with E-state index in [9.17, 15) is 0 Å². The molecule has 0 amide bonds. The van der Waals surface area contributed by atoms with Crippen LogP contribution in [0.1, 0.15) is 20.3 Å². The fourth-order valence-corrected chi connectivity index (χ4v) is 1.59. The number of nitrogens with two attached hydrogens (primary N) is 1. The Hall–Kier alpha value is -0.440. The molecule has 1 rings (SSSR count). The zero-order valence-electron chi connectivity index (χ0n) is 8.89. The van der Waals surface area contributed by atoms with E-state index in [1.165, 1.54) is 0 Å². The van der Waals surface area contributed by atoms with Crippen LogP contribution in [0, 0.1) is 0 Å². The van der Waals surface area contributed by atoms with Crippen molar-refractivity contribution >= 4 is 23.2 Å². The van der Waals surface area contributed by atoms with Crippen LogP contribution >= 0.6 is 23.2 Å². The van der Waals surface area contributed by atoms with Gasteiger partial charge in [-0.25, -0.2) is 0 Å². The van der Waals surface area contributed by atoms with Crippen LogP contribution in [0.15, 0.2) is 18.2 Å². The number of halogens is 2. The first-order valence-electron chi connectivity index (χ1n) is 4.79. The van der Waals surface area contributed by atoms with Crippen molar-refractivity contribution in [3.63, 3.8) is 0 Å². The Morgan fingerprint density at radius 1 is 1.33 bits per heavy atom. The molecule has 1 aromatic carbocycles. The van der Waals surface area contributed by atoms with Gasteiger partial charge in [-0.3, -0.25) is 0 Å². The standard InChI is InChI=1S/C11H15Cl2NO/c1-11(2,6-7-14)15-9-5-3-4-8(12)10(9)13/h3-5H,6-7,14H2,1-2H3. The first kappa shape index (κ1) is 12.6. The molecule has 0 radical (unpaired) electrons. The highest BCUT2D eigenvalue weighted by Gasteiger charge is 2.20. The van der Waals surface area contributed by atoms with Crippen molar-refractivity contribution in [2.45, 2.75) is 25.9 Å². The molecule has 0 bridgehead atoms. The Kier molecular flexibility index (Phi) is 4.26. The second-order valence-corrected chi connectivity index (χ2v) is 4.74. The second-order valence-electron chi connectivity index (χ2n) is 3.95. The van der Waals surface area contributed by atoms with E-state index in [-0.39, 0.29) is 5.60 Å². The summed E-state index contributed by atoms with van der Waals surface area (Å²) >= 11 is 11.9. The second kappa shape index (κ2) is 5.06. The minimum absolute atomic E-state index is 0.330. The Balaban J connectivity index is 2.85. The molecular weight excluding hydrogens is 233 g/mol. The van der Waals surface area contributed by atoms with Crippen molar-refractivity contribution < 1.29 is 4.74 Å². The zero-order chi connectivity index (χ0) is 11.5. The van der Waals surface area contributed by atoms with E-state index in [1.807, 2.05) is 19.9 Å². The van der Waals surface area contributed by atoms with E-state index in [0.717, 1.165) is 6.42 Å². The number of hydrogen-bond donors (Lipinski definition) is 1. The summed E-state index contributed by atoms with van der Waals surface area (Å²) in [6.07, 6.45) is 0.760. The van der Waals surface area contributed by atoms with Gasteiger partial charge in [0.05, 0.1) is 5.02 Å². The van der Waals surface area contributed by atoms with Crippen LogP contribution in [-0.4, -0.2) is 12.1 Å².